The predicted octanol–water partition coefficient (Wildman–Crippen LogP) is 1.59. The van der Waals surface area contributed by atoms with E-state index in [1.165, 1.54) is 0 Å². The normalized spacial score (nSPS) is 21.6. The second-order valence-electron chi connectivity index (χ2n) is 7.87. The van der Waals surface area contributed by atoms with Gasteiger partial charge in [-0.1, -0.05) is 20.3 Å². The van der Waals surface area contributed by atoms with E-state index in [-0.39, 0.29) is 17.9 Å². The van der Waals surface area contributed by atoms with Gasteiger partial charge in [0, 0.05) is 57.6 Å². The number of rotatable bonds is 7. The van der Waals surface area contributed by atoms with Crippen LogP contribution in [0.15, 0.2) is 4.99 Å². The Balaban J connectivity index is 1.77. The maximum Gasteiger partial charge on any atom is 0.225 e. The van der Waals surface area contributed by atoms with E-state index in [0.29, 0.717) is 18.9 Å². The van der Waals surface area contributed by atoms with Crippen LogP contribution in [-0.2, 0) is 9.59 Å². The average Bonchev–Trinajstić information content (AvgIpc) is 3.00. The van der Waals surface area contributed by atoms with Crippen molar-refractivity contribution >= 4 is 17.8 Å². The third kappa shape index (κ3) is 7.03. The topological polar surface area (TPSA) is 77.0 Å². The molecule has 2 N–H and O–H groups in total. The molecule has 2 fully saturated rings. The lowest BCUT2D eigenvalue weighted by Gasteiger charge is -2.21. The van der Waals surface area contributed by atoms with Gasteiger partial charge in [-0.15, -0.1) is 0 Å². The van der Waals surface area contributed by atoms with Gasteiger partial charge >= 0.3 is 0 Å². The molecule has 7 nitrogen and oxygen atoms in total. The molecule has 2 heterocycles. The first-order valence-corrected chi connectivity index (χ1v) is 10.6. The Labute approximate surface area is 163 Å². The van der Waals surface area contributed by atoms with E-state index in [0.717, 1.165) is 70.8 Å². The van der Waals surface area contributed by atoms with Gasteiger partial charge in [0.05, 0.1) is 0 Å². The van der Waals surface area contributed by atoms with Crippen molar-refractivity contribution in [2.24, 2.45) is 10.9 Å². The number of carbonyl (C=O) groups excluding carboxylic acids is 2. The molecule has 0 spiro atoms. The van der Waals surface area contributed by atoms with Gasteiger partial charge in [0.1, 0.15) is 0 Å². The van der Waals surface area contributed by atoms with E-state index in [1.54, 1.807) is 0 Å². The first-order valence-electron chi connectivity index (χ1n) is 10.6. The van der Waals surface area contributed by atoms with Gasteiger partial charge < -0.3 is 20.4 Å². The molecule has 2 aliphatic rings. The fraction of sp³-hybridized carbons (Fsp3) is 0.850. The van der Waals surface area contributed by atoms with Crippen molar-refractivity contribution in [1.29, 1.82) is 0 Å². The lowest BCUT2D eigenvalue weighted by molar-refractivity contribution is -0.133. The minimum Gasteiger partial charge on any atom is -0.357 e. The second-order valence-corrected chi connectivity index (χ2v) is 7.87. The maximum absolute atomic E-state index is 12.1. The van der Waals surface area contributed by atoms with E-state index >= 15 is 0 Å². The number of guanidine groups is 1. The largest absolute Gasteiger partial charge is 0.357 e. The zero-order chi connectivity index (χ0) is 19.6. The van der Waals surface area contributed by atoms with Crippen LogP contribution in [-0.4, -0.2) is 72.9 Å². The van der Waals surface area contributed by atoms with Crippen molar-refractivity contribution in [1.82, 2.24) is 20.4 Å². The number of hydrogen-bond donors (Lipinski definition) is 2. The van der Waals surface area contributed by atoms with E-state index in [9.17, 15) is 9.59 Å². The molecule has 27 heavy (non-hydrogen) atoms. The third-order valence-electron chi connectivity index (χ3n) is 5.21. The van der Waals surface area contributed by atoms with Crippen LogP contribution in [0.1, 0.15) is 59.3 Å². The quantitative estimate of drug-likeness (QED) is 0.400. The van der Waals surface area contributed by atoms with Crippen LogP contribution in [0.5, 0.6) is 0 Å². The zero-order valence-corrected chi connectivity index (χ0v) is 17.3. The average molecular weight is 380 g/mol. The standard InChI is InChI=1S/C20H37N5O2/c1-4-21-20(23-17-10-14-25(15-17)19(27)16(2)3)22-11-8-13-24-12-7-5-6-9-18(24)26/h16-17H,4-15H2,1-3H3,(H2,21,22,23). The van der Waals surface area contributed by atoms with Gasteiger partial charge in [0.2, 0.25) is 11.8 Å². The molecular formula is C20H37N5O2. The Kier molecular flexibility index (Phi) is 8.88. The molecule has 2 amide bonds. The minimum atomic E-state index is 0.0485. The number of aliphatic imine (C=N–C) groups is 1. The Morgan fingerprint density at radius 2 is 2.07 bits per heavy atom. The summed E-state index contributed by atoms with van der Waals surface area (Å²) in [6.07, 6.45) is 5.83. The summed E-state index contributed by atoms with van der Waals surface area (Å²) in [5.41, 5.74) is 0. The second kappa shape index (κ2) is 11.1. The third-order valence-corrected chi connectivity index (χ3v) is 5.21. The smallest absolute Gasteiger partial charge is 0.225 e. The Hall–Kier alpha value is -1.79. The predicted molar refractivity (Wildman–Crippen MR) is 109 cm³/mol. The van der Waals surface area contributed by atoms with E-state index in [1.807, 2.05) is 23.6 Å². The molecule has 0 saturated carbocycles. The van der Waals surface area contributed by atoms with Crippen molar-refractivity contribution in [3.05, 3.63) is 0 Å². The highest BCUT2D eigenvalue weighted by atomic mass is 16.2. The Morgan fingerprint density at radius 3 is 2.81 bits per heavy atom. The van der Waals surface area contributed by atoms with Gasteiger partial charge in [0.15, 0.2) is 5.96 Å². The monoisotopic (exact) mass is 379 g/mol. The fourth-order valence-corrected chi connectivity index (χ4v) is 3.68. The molecule has 154 valence electrons. The zero-order valence-electron chi connectivity index (χ0n) is 17.3. The molecular weight excluding hydrogens is 342 g/mol. The summed E-state index contributed by atoms with van der Waals surface area (Å²) in [7, 11) is 0. The minimum absolute atomic E-state index is 0.0485. The number of hydrogen-bond acceptors (Lipinski definition) is 3. The first kappa shape index (κ1) is 21.5. The van der Waals surface area contributed by atoms with Crippen LogP contribution in [0.2, 0.25) is 0 Å². The summed E-state index contributed by atoms with van der Waals surface area (Å²) in [5, 5.41) is 6.75. The van der Waals surface area contributed by atoms with Crippen molar-refractivity contribution < 1.29 is 9.59 Å². The molecule has 0 aromatic carbocycles. The van der Waals surface area contributed by atoms with Gasteiger partial charge in [-0.05, 0) is 32.6 Å². The number of nitrogens with one attached hydrogen (secondary N) is 2. The highest BCUT2D eigenvalue weighted by molar-refractivity contribution is 5.81. The summed E-state index contributed by atoms with van der Waals surface area (Å²) in [5.74, 6) is 1.38. The van der Waals surface area contributed by atoms with E-state index in [2.05, 4.69) is 22.5 Å². The van der Waals surface area contributed by atoms with Crippen LogP contribution in [0, 0.1) is 5.92 Å². The van der Waals surface area contributed by atoms with Crippen LogP contribution in [0.4, 0.5) is 0 Å². The van der Waals surface area contributed by atoms with Crippen molar-refractivity contribution in [3.63, 3.8) is 0 Å². The Bertz CT molecular complexity index is 521. The molecule has 0 aliphatic carbocycles. The van der Waals surface area contributed by atoms with Crippen LogP contribution in [0.25, 0.3) is 0 Å². The van der Waals surface area contributed by atoms with Crippen molar-refractivity contribution in [2.45, 2.75) is 65.3 Å². The Morgan fingerprint density at radius 1 is 1.26 bits per heavy atom. The van der Waals surface area contributed by atoms with Gasteiger partial charge in [0.25, 0.3) is 0 Å². The molecule has 2 saturated heterocycles. The number of likely N-dealkylation sites (tertiary alicyclic amines) is 2. The molecule has 0 aromatic heterocycles. The highest BCUT2D eigenvalue weighted by Gasteiger charge is 2.27. The summed E-state index contributed by atoms with van der Waals surface area (Å²) >= 11 is 0. The first-order chi connectivity index (χ1) is 13.0. The van der Waals surface area contributed by atoms with E-state index < -0.39 is 0 Å². The summed E-state index contributed by atoms with van der Waals surface area (Å²) in [4.78, 5) is 32.8. The lowest BCUT2D eigenvalue weighted by atomic mass is 10.2. The van der Waals surface area contributed by atoms with Crippen molar-refractivity contribution in [2.75, 3.05) is 39.3 Å². The van der Waals surface area contributed by atoms with Gasteiger partial charge in [-0.25, -0.2) is 0 Å². The maximum atomic E-state index is 12.1. The van der Waals surface area contributed by atoms with Crippen LogP contribution in [0.3, 0.4) is 0 Å². The molecule has 2 rings (SSSR count). The van der Waals surface area contributed by atoms with Crippen LogP contribution >= 0.6 is 0 Å². The lowest BCUT2D eigenvalue weighted by Crippen LogP contribution is -2.45. The van der Waals surface area contributed by atoms with Crippen LogP contribution < -0.4 is 10.6 Å². The summed E-state index contributed by atoms with van der Waals surface area (Å²) in [6.45, 7) is 10.7. The molecule has 1 atom stereocenters. The van der Waals surface area contributed by atoms with Gasteiger partial charge in [-0.2, -0.15) is 0 Å². The van der Waals surface area contributed by atoms with Crippen molar-refractivity contribution in [3.8, 4) is 0 Å². The number of nitrogens with zero attached hydrogens (tertiary/aromatic N) is 3. The molecule has 0 bridgehead atoms. The highest BCUT2D eigenvalue weighted by Crippen LogP contribution is 2.13. The molecule has 2 aliphatic heterocycles. The summed E-state index contributed by atoms with van der Waals surface area (Å²) < 4.78 is 0. The SMILES string of the molecule is CCNC(=NCCCN1CCCCCC1=O)NC1CCN(C(=O)C(C)C)C1. The number of carbonyl (C=O) groups is 2. The summed E-state index contributed by atoms with van der Waals surface area (Å²) in [6, 6.07) is 0.248. The molecule has 0 aromatic rings. The number of amides is 2. The molecule has 1 unspecified atom stereocenters. The van der Waals surface area contributed by atoms with Gasteiger partial charge in [-0.3, -0.25) is 14.6 Å². The fourth-order valence-electron chi connectivity index (χ4n) is 3.68. The van der Waals surface area contributed by atoms with E-state index in [4.69, 9.17) is 0 Å². The molecule has 7 heteroatoms. The molecule has 0 radical (unpaired) electrons.